The Morgan fingerprint density at radius 3 is 2.38 bits per heavy atom. The van der Waals surface area contributed by atoms with Crippen molar-refractivity contribution < 1.29 is 26.7 Å². The van der Waals surface area contributed by atoms with E-state index in [0.29, 0.717) is 0 Å². The molecule has 0 aliphatic heterocycles. The van der Waals surface area contributed by atoms with E-state index < -0.39 is 41.7 Å². The first-order valence-corrected chi connectivity index (χ1v) is 7.13. The number of nitrogens with one attached hydrogen (secondary N) is 2. The van der Waals surface area contributed by atoms with Crippen LogP contribution >= 0.6 is 11.6 Å². The molecule has 3 nitrogen and oxygen atoms in total. The summed E-state index contributed by atoms with van der Waals surface area (Å²) in [5, 5.41) is 4.49. The molecule has 2 N–H and O–H groups in total. The number of rotatable bonds is 3. The van der Waals surface area contributed by atoms with Gasteiger partial charge in [0.05, 0.1) is 6.54 Å². The number of carbonyl (C=O) groups excluding carboxylic acids is 1. The van der Waals surface area contributed by atoms with Crippen LogP contribution in [0.4, 0.5) is 26.7 Å². The Balaban J connectivity index is 1.92. The van der Waals surface area contributed by atoms with Crippen molar-refractivity contribution in [2.24, 2.45) is 0 Å². The lowest BCUT2D eigenvalue weighted by Crippen LogP contribution is -2.40. The molecule has 9 heteroatoms. The zero-order chi connectivity index (χ0) is 18.0. The number of halogens is 6. The van der Waals surface area contributed by atoms with Gasteiger partial charge in [-0.1, -0.05) is 18.2 Å². The van der Waals surface area contributed by atoms with E-state index in [4.69, 9.17) is 11.6 Å². The molecule has 1 aliphatic carbocycles. The fourth-order valence-corrected chi connectivity index (χ4v) is 2.10. The molecule has 24 heavy (non-hydrogen) atoms. The van der Waals surface area contributed by atoms with Gasteiger partial charge in [0, 0.05) is 11.3 Å². The highest BCUT2D eigenvalue weighted by atomic mass is 35.5. The molecule has 1 atom stereocenters. The summed E-state index contributed by atoms with van der Waals surface area (Å²) in [6.07, 6.45) is -2.30. The highest BCUT2D eigenvalue weighted by molar-refractivity contribution is 6.26. The number of allylic oxidation sites excluding steroid dienone is 3. The van der Waals surface area contributed by atoms with E-state index in [2.05, 4.69) is 10.6 Å². The topological polar surface area (TPSA) is 41.1 Å². The monoisotopic (exact) mass is 366 g/mol. The third kappa shape index (κ3) is 4.05. The van der Waals surface area contributed by atoms with Gasteiger partial charge >= 0.3 is 12.2 Å². The largest absolute Gasteiger partial charge is 0.411 e. The molecule has 1 aromatic rings. The fraction of sp³-hybridized carbons (Fsp3) is 0.267. The molecule has 1 aliphatic rings. The minimum absolute atomic E-state index is 0.0991. The molecular weight excluding hydrogens is 355 g/mol. The van der Waals surface area contributed by atoms with Gasteiger partial charge in [0.2, 0.25) is 0 Å². The fourth-order valence-electron chi connectivity index (χ4n) is 1.96. The maximum Gasteiger partial charge on any atom is 0.411 e. The molecule has 1 unspecified atom stereocenters. The standard InChI is InChI=1S/C15H12ClF5N2O/c16-14(15(19,20)21)6-4-9(5-7-14)23-13(24)22-8-10-11(17)2-1-3-12(10)18/h1-6H,7-8H2,(H2,22,23,24). The van der Waals surface area contributed by atoms with Crippen molar-refractivity contribution in [3.8, 4) is 0 Å². The predicted molar refractivity (Wildman–Crippen MR) is 78.2 cm³/mol. The van der Waals surface area contributed by atoms with Gasteiger partial charge in [-0.25, -0.2) is 13.6 Å². The zero-order valence-electron chi connectivity index (χ0n) is 12.1. The highest BCUT2D eigenvalue weighted by Gasteiger charge is 2.51. The summed E-state index contributed by atoms with van der Waals surface area (Å²) in [6.45, 7) is -0.413. The molecule has 0 aromatic heterocycles. The number of alkyl halides is 4. The van der Waals surface area contributed by atoms with E-state index in [-0.39, 0.29) is 11.3 Å². The summed E-state index contributed by atoms with van der Waals surface area (Å²) in [5.41, 5.74) is -0.223. The van der Waals surface area contributed by atoms with Crippen molar-refractivity contribution in [3.05, 3.63) is 59.3 Å². The van der Waals surface area contributed by atoms with Gasteiger partial charge in [0.1, 0.15) is 11.6 Å². The molecule has 2 rings (SSSR count). The molecule has 0 spiro atoms. The van der Waals surface area contributed by atoms with E-state index in [0.717, 1.165) is 30.4 Å². The minimum Gasteiger partial charge on any atom is -0.334 e. The van der Waals surface area contributed by atoms with Gasteiger partial charge < -0.3 is 10.6 Å². The van der Waals surface area contributed by atoms with E-state index in [9.17, 15) is 26.7 Å². The van der Waals surface area contributed by atoms with E-state index in [1.807, 2.05) is 0 Å². The van der Waals surface area contributed by atoms with E-state index in [1.54, 1.807) is 0 Å². The van der Waals surface area contributed by atoms with Gasteiger partial charge in [-0.2, -0.15) is 13.2 Å². The summed E-state index contributed by atoms with van der Waals surface area (Å²) in [6, 6.07) is 2.45. The summed E-state index contributed by atoms with van der Waals surface area (Å²) in [5.74, 6) is -1.63. The van der Waals surface area contributed by atoms with Gasteiger partial charge in [-0.3, -0.25) is 0 Å². The molecule has 2 amide bonds. The molecule has 0 radical (unpaired) electrons. The van der Waals surface area contributed by atoms with E-state index in [1.165, 1.54) is 6.07 Å². The van der Waals surface area contributed by atoms with Crippen LogP contribution in [-0.4, -0.2) is 17.1 Å². The average molecular weight is 367 g/mol. The lowest BCUT2D eigenvalue weighted by molar-refractivity contribution is -0.149. The Morgan fingerprint density at radius 1 is 1.25 bits per heavy atom. The van der Waals surface area contributed by atoms with E-state index >= 15 is 0 Å². The maximum atomic E-state index is 13.4. The van der Waals surface area contributed by atoms with Crippen molar-refractivity contribution in [2.75, 3.05) is 0 Å². The quantitative estimate of drug-likeness (QED) is 0.612. The van der Waals surface area contributed by atoms with Gasteiger partial charge in [-0.05, 0) is 24.6 Å². The Morgan fingerprint density at radius 2 is 1.88 bits per heavy atom. The smallest absolute Gasteiger partial charge is 0.334 e. The molecule has 130 valence electrons. The second kappa shape index (κ2) is 6.80. The first kappa shape index (κ1) is 18.3. The number of hydrogen-bond acceptors (Lipinski definition) is 1. The molecule has 0 bridgehead atoms. The summed E-state index contributed by atoms with van der Waals surface area (Å²) in [7, 11) is 0. The zero-order valence-corrected chi connectivity index (χ0v) is 12.8. The Hall–Kier alpha value is -2.09. The average Bonchev–Trinajstić information content (AvgIpc) is 2.48. The Bertz CT molecular complexity index is 681. The summed E-state index contributed by atoms with van der Waals surface area (Å²) < 4.78 is 65.0. The van der Waals surface area contributed by atoms with Gasteiger partial charge in [0.15, 0.2) is 4.87 Å². The normalized spacial score (nSPS) is 20.5. The van der Waals surface area contributed by atoms with Crippen LogP contribution in [0.5, 0.6) is 0 Å². The summed E-state index contributed by atoms with van der Waals surface area (Å²) in [4.78, 5) is 9.16. The van der Waals surface area contributed by atoms with Crippen molar-refractivity contribution in [3.63, 3.8) is 0 Å². The minimum atomic E-state index is -4.63. The molecule has 0 heterocycles. The van der Waals surface area contributed by atoms with Crippen molar-refractivity contribution >= 4 is 17.6 Å². The second-order valence-electron chi connectivity index (χ2n) is 5.07. The second-order valence-corrected chi connectivity index (χ2v) is 5.74. The third-order valence-electron chi connectivity index (χ3n) is 3.36. The SMILES string of the molecule is O=C(NCc1c(F)cccc1F)NC1=CCC(Cl)(C(F)(F)F)C=C1. The summed E-state index contributed by atoms with van der Waals surface area (Å²) >= 11 is 5.46. The third-order valence-corrected chi connectivity index (χ3v) is 3.86. The van der Waals surface area contributed by atoms with Crippen LogP contribution in [0.2, 0.25) is 0 Å². The van der Waals surface area contributed by atoms with Gasteiger partial charge in [0.25, 0.3) is 0 Å². The predicted octanol–water partition coefficient (Wildman–Crippen LogP) is 4.15. The number of hydrogen-bond donors (Lipinski definition) is 2. The van der Waals surface area contributed by atoms with Crippen LogP contribution in [0.25, 0.3) is 0 Å². The number of carbonyl (C=O) groups is 1. The Kier molecular flexibility index (Phi) is 5.17. The highest BCUT2D eigenvalue weighted by Crippen LogP contribution is 2.42. The number of urea groups is 1. The molecule has 0 fully saturated rings. The first-order chi connectivity index (χ1) is 11.1. The lowest BCUT2D eigenvalue weighted by Gasteiger charge is -2.28. The van der Waals surface area contributed by atoms with Crippen LogP contribution in [0.1, 0.15) is 12.0 Å². The van der Waals surface area contributed by atoms with Crippen molar-refractivity contribution in [1.29, 1.82) is 0 Å². The van der Waals surface area contributed by atoms with Crippen molar-refractivity contribution in [1.82, 2.24) is 10.6 Å². The lowest BCUT2D eigenvalue weighted by atomic mass is 9.98. The van der Waals surface area contributed by atoms with Crippen LogP contribution in [-0.2, 0) is 6.54 Å². The van der Waals surface area contributed by atoms with Crippen LogP contribution < -0.4 is 10.6 Å². The number of amides is 2. The van der Waals surface area contributed by atoms with Crippen LogP contribution in [0.15, 0.2) is 42.1 Å². The number of benzene rings is 1. The molecular formula is C15H12ClF5N2O. The maximum absolute atomic E-state index is 13.4. The van der Waals surface area contributed by atoms with Gasteiger partial charge in [-0.15, -0.1) is 11.6 Å². The van der Waals surface area contributed by atoms with Crippen molar-refractivity contribution in [2.45, 2.75) is 24.0 Å². The Labute approximate surface area is 139 Å². The van der Waals surface area contributed by atoms with Crippen LogP contribution in [0, 0.1) is 11.6 Å². The first-order valence-electron chi connectivity index (χ1n) is 6.75. The molecule has 1 aromatic carbocycles. The van der Waals surface area contributed by atoms with Crippen LogP contribution in [0.3, 0.4) is 0 Å². The molecule has 0 saturated heterocycles. The molecule has 0 saturated carbocycles.